The standard InChI is InChI=1S/C13H18F5NO5/c1-6(2)11(19,8(21)24-10(3,4)5)7(20)23-9(22)12(14,15)13(16,17)18/h6H,19H2,1-5H3. The summed E-state index contributed by atoms with van der Waals surface area (Å²) in [6, 6.07) is 0. The summed E-state index contributed by atoms with van der Waals surface area (Å²) < 4.78 is 70.3. The molecule has 1 atom stereocenters. The Balaban J connectivity index is 5.55. The predicted octanol–water partition coefficient (Wildman–Crippen LogP) is 1.95. The summed E-state index contributed by atoms with van der Waals surface area (Å²) >= 11 is 0. The van der Waals surface area contributed by atoms with E-state index in [4.69, 9.17) is 10.5 Å². The Morgan fingerprint density at radius 2 is 1.29 bits per heavy atom. The van der Waals surface area contributed by atoms with Gasteiger partial charge in [0.25, 0.3) is 0 Å². The molecule has 11 heteroatoms. The van der Waals surface area contributed by atoms with Crippen LogP contribution in [0.5, 0.6) is 0 Å². The second-order valence-electron chi connectivity index (χ2n) is 6.27. The van der Waals surface area contributed by atoms with Gasteiger partial charge in [-0.3, -0.25) is 0 Å². The summed E-state index contributed by atoms with van der Waals surface area (Å²) in [5, 5.41) is 0. The third kappa shape index (κ3) is 4.62. The number of alkyl halides is 5. The number of hydrogen-bond donors (Lipinski definition) is 1. The van der Waals surface area contributed by atoms with Gasteiger partial charge in [-0.2, -0.15) is 22.0 Å². The van der Waals surface area contributed by atoms with Gasteiger partial charge in [-0.15, -0.1) is 0 Å². The van der Waals surface area contributed by atoms with Crippen LogP contribution in [0.3, 0.4) is 0 Å². The Morgan fingerprint density at radius 3 is 1.58 bits per heavy atom. The lowest BCUT2D eigenvalue weighted by molar-refractivity contribution is -0.279. The molecule has 0 aliphatic heterocycles. The quantitative estimate of drug-likeness (QED) is 0.466. The average Bonchev–Trinajstić information content (AvgIpc) is 2.33. The predicted molar refractivity (Wildman–Crippen MR) is 69.7 cm³/mol. The third-order valence-electron chi connectivity index (χ3n) is 2.78. The van der Waals surface area contributed by atoms with Crippen molar-refractivity contribution in [3.8, 4) is 0 Å². The fraction of sp³-hybridized carbons (Fsp3) is 0.769. The fourth-order valence-corrected chi connectivity index (χ4v) is 1.27. The highest BCUT2D eigenvalue weighted by Crippen LogP contribution is 2.36. The maximum Gasteiger partial charge on any atom is 0.465 e. The fourth-order valence-electron chi connectivity index (χ4n) is 1.27. The molecule has 1 unspecified atom stereocenters. The van der Waals surface area contributed by atoms with Crippen LogP contribution in [0, 0.1) is 5.92 Å². The number of carbonyl (C=O) groups excluding carboxylic acids is 3. The lowest BCUT2D eigenvalue weighted by atomic mass is 9.87. The van der Waals surface area contributed by atoms with E-state index in [2.05, 4.69) is 4.74 Å². The van der Waals surface area contributed by atoms with Gasteiger partial charge >= 0.3 is 30.0 Å². The van der Waals surface area contributed by atoms with Gasteiger partial charge in [0, 0.05) is 0 Å². The maximum atomic E-state index is 12.8. The first-order valence-corrected chi connectivity index (χ1v) is 6.61. The van der Waals surface area contributed by atoms with Gasteiger partial charge in [-0.25, -0.2) is 14.4 Å². The summed E-state index contributed by atoms with van der Waals surface area (Å²) in [6.45, 7) is 6.59. The number of rotatable bonds is 4. The molecule has 0 aromatic carbocycles. The molecule has 0 heterocycles. The minimum atomic E-state index is -6.27. The van der Waals surface area contributed by atoms with Crippen molar-refractivity contribution in [3.05, 3.63) is 0 Å². The summed E-state index contributed by atoms with van der Waals surface area (Å²) in [5.74, 6) is -13.8. The van der Waals surface area contributed by atoms with Crippen LogP contribution in [-0.4, -0.2) is 41.1 Å². The zero-order valence-corrected chi connectivity index (χ0v) is 13.6. The van der Waals surface area contributed by atoms with Gasteiger partial charge in [-0.05, 0) is 26.7 Å². The molecular formula is C13H18F5NO5. The second kappa shape index (κ2) is 6.61. The van der Waals surface area contributed by atoms with Gasteiger partial charge in [0.1, 0.15) is 5.60 Å². The molecule has 6 nitrogen and oxygen atoms in total. The molecule has 0 fully saturated rings. The average molecular weight is 363 g/mol. The molecule has 0 amide bonds. The molecule has 24 heavy (non-hydrogen) atoms. The van der Waals surface area contributed by atoms with E-state index >= 15 is 0 Å². The van der Waals surface area contributed by atoms with Gasteiger partial charge in [0.05, 0.1) is 0 Å². The zero-order valence-electron chi connectivity index (χ0n) is 13.6. The van der Waals surface area contributed by atoms with E-state index in [0.29, 0.717) is 0 Å². The van der Waals surface area contributed by atoms with Crippen LogP contribution >= 0.6 is 0 Å². The first kappa shape index (κ1) is 22.2. The van der Waals surface area contributed by atoms with Crippen molar-refractivity contribution in [3.63, 3.8) is 0 Å². The van der Waals surface area contributed by atoms with E-state index in [1.54, 1.807) is 0 Å². The van der Waals surface area contributed by atoms with E-state index in [0.717, 1.165) is 0 Å². The van der Waals surface area contributed by atoms with E-state index < -0.39 is 47.1 Å². The monoisotopic (exact) mass is 363 g/mol. The molecule has 140 valence electrons. The van der Waals surface area contributed by atoms with Crippen molar-refractivity contribution in [2.45, 2.75) is 57.9 Å². The molecule has 0 aromatic heterocycles. The minimum absolute atomic E-state index is 1.13. The Morgan fingerprint density at radius 1 is 0.875 bits per heavy atom. The van der Waals surface area contributed by atoms with Gasteiger partial charge in [0.15, 0.2) is 0 Å². The molecule has 0 radical (unpaired) electrons. The van der Waals surface area contributed by atoms with Gasteiger partial charge in [-0.1, -0.05) is 13.8 Å². The van der Waals surface area contributed by atoms with Crippen molar-refractivity contribution in [1.82, 2.24) is 0 Å². The van der Waals surface area contributed by atoms with Crippen LogP contribution in [0.15, 0.2) is 0 Å². The molecule has 0 aliphatic rings. The lowest BCUT2D eigenvalue weighted by Gasteiger charge is -2.32. The summed E-state index contributed by atoms with van der Waals surface area (Å²) in [7, 11) is 0. The summed E-state index contributed by atoms with van der Waals surface area (Å²) in [4.78, 5) is 34.8. The minimum Gasteiger partial charge on any atom is -0.458 e. The van der Waals surface area contributed by atoms with Crippen LogP contribution in [0.1, 0.15) is 34.6 Å². The van der Waals surface area contributed by atoms with Gasteiger partial charge in [0.2, 0.25) is 5.54 Å². The van der Waals surface area contributed by atoms with E-state index in [1.165, 1.54) is 34.6 Å². The molecule has 0 aliphatic carbocycles. The number of hydrogen-bond acceptors (Lipinski definition) is 6. The number of ether oxygens (including phenoxy) is 2. The maximum absolute atomic E-state index is 12.8. The molecule has 0 saturated carbocycles. The summed E-state index contributed by atoms with van der Waals surface area (Å²) in [6.07, 6.45) is -6.27. The van der Waals surface area contributed by atoms with Crippen LogP contribution in [0.2, 0.25) is 0 Å². The topological polar surface area (TPSA) is 95.7 Å². The highest BCUT2D eigenvalue weighted by molar-refractivity contribution is 6.08. The van der Waals surface area contributed by atoms with Gasteiger partial charge < -0.3 is 15.2 Å². The highest BCUT2D eigenvalue weighted by Gasteiger charge is 2.66. The highest BCUT2D eigenvalue weighted by atomic mass is 19.4. The normalized spacial score (nSPS) is 15.7. The molecule has 0 rings (SSSR count). The number of esters is 3. The molecular weight excluding hydrogens is 345 g/mol. The van der Waals surface area contributed by atoms with Crippen molar-refractivity contribution >= 4 is 17.9 Å². The largest absolute Gasteiger partial charge is 0.465 e. The third-order valence-corrected chi connectivity index (χ3v) is 2.78. The molecule has 0 aromatic rings. The van der Waals surface area contributed by atoms with E-state index in [-0.39, 0.29) is 0 Å². The Bertz CT molecular complexity index is 524. The first-order chi connectivity index (χ1) is 10.4. The van der Waals surface area contributed by atoms with Crippen molar-refractivity contribution in [2.75, 3.05) is 0 Å². The van der Waals surface area contributed by atoms with Crippen molar-refractivity contribution in [1.29, 1.82) is 0 Å². The number of nitrogens with two attached hydrogens (primary N) is 1. The van der Waals surface area contributed by atoms with Crippen molar-refractivity contribution < 1.29 is 45.8 Å². The Labute approximate surface area is 134 Å². The SMILES string of the molecule is CC(C)C(N)(C(=O)OC(=O)C(F)(F)C(F)(F)F)C(=O)OC(C)(C)C. The molecule has 0 spiro atoms. The van der Waals surface area contributed by atoms with E-state index in [9.17, 15) is 36.3 Å². The van der Waals surface area contributed by atoms with Crippen LogP contribution in [-0.2, 0) is 23.9 Å². The Hall–Kier alpha value is -1.78. The van der Waals surface area contributed by atoms with Crippen LogP contribution < -0.4 is 5.73 Å². The molecule has 0 saturated heterocycles. The molecule has 2 N–H and O–H groups in total. The summed E-state index contributed by atoms with van der Waals surface area (Å²) in [5.41, 5.74) is 1.62. The van der Waals surface area contributed by atoms with Crippen molar-refractivity contribution in [2.24, 2.45) is 11.7 Å². The van der Waals surface area contributed by atoms with E-state index in [1.807, 2.05) is 0 Å². The smallest absolute Gasteiger partial charge is 0.458 e. The molecule has 0 bridgehead atoms. The Kier molecular flexibility index (Phi) is 6.12. The van der Waals surface area contributed by atoms with Crippen LogP contribution in [0.4, 0.5) is 22.0 Å². The second-order valence-corrected chi connectivity index (χ2v) is 6.27. The first-order valence-electron chi connectivity index (χ1n) is 6.61. The zero-order chi connectivity index (χ0) is 19.7. The van der Waals surface area contributed by atoms with Crippen LogP contribution in [0.25, 0.3) is 0 Å². The number of carbonyl (C=O) groups is 3. The lowest BCUT2D eigenvalue weighted by Crippen LogP contribution is -2.62. The number of halogens is 5.